The number of thioether (sulfide) groups is 1. The van der Waals surface area contributed by atoms with Gasteiger partial charge in [0.15, 0.2) is 11.0 Å². The van der Waals surface area contributed by atoms with Crippen LogP contribution in [0.15, 0.2) is 9.52 Å². The lowest BCUT2D eigenvalue weighted by Crippen LogP contribution is -2.22. The quantitative estimate of drug-likeness (QED) is 0.861. The Balaban J connectivity index is 1.69. The molecule has 6 heteroatoms. The Labute approximate surface area is 99.1 Å². The molecule has 1 N–H and O–H groups in total. The summed E-state index contributed by atoms with van der Waals surface area (Å²) in [5.41, 5.74) is 0. The number of rotatable bonds is 4. The number of amidine groups is 1. The summed E-state index contributed by atoms with van der Waals surface area (Å²) in [4.78, 5) is 8.57. The van der Waals surface area contributed by atoms with Gasteiger partial charge in [-0.1, -0.05) is 23.8 Å². The van der Waals surface area contributed by atoms with Crippen molar-refractivity contribution in [1.82, 2.24) is 15.5 Å². The third kappa shape index (κ3) is 2.98. The minimum Gasteiger partial charge on any atom is -0.364 e. The van der Waals surface area contributed by atoms with Crippen LogP contribution < -0.4 is 5.32 Å². The van der Waals surface area contributed by atoms with Crippen LogP contribution in [0.2, 0.25) is 0 Å². The highest BCUT2D eigenvalue weighted by atomic mass is 32.2. The summed E-state index contributed by atoms with van der Waals surface area (Å²) in [5.74, 6) is 1.37. The Morgan fingerprint density at radius 1 is 1.56 bits per heavy atom. The van der Waals surface area contributed by atoms with Gasteiger partial charge in [0.1, 0.15) is 0 Å². The average Bonchev–Trinajstić information content (AvgIpc) is 2.88. The Morgan fingerprint density at radius 3 is 3.06 bits per heavy atom. The summed E-state index contributed by atoms with van der Waals surface area (Å²) >= 11 is 1.83. The van der Waals surface area contributed by atoms with E-state index in [1.165, 1.54) is 6.42 Å². The Morgan fingerprint density at radius 2 is 2.44 bits per heavy atom. The van der Waals surface area contributed by atoms with Crippen LogP contribution in [0.1, 0.15) is 25.1 Å². The van der Waals surface area contributed by atoms with Gasteiger partial charge in [-0.05, 0) is 6.42 Å². The molecule has 1 unspecified atom stereocenters. The number of aromatic nitrogens is 2. The highest BCUT2D eigenvalue weighted by Gasteiger charge is 2.17. The lowest BCUT2D eigenvalue weighted by atomic mass is 10.3. The van der Waals surface area contributed by atoms with Gasteiger partial charge in [0.2, 0.25) is 5.89 Å². The molecule has 88 valence electrons. The molecule has 1 aromatic rings. The molecule has 0 fully saturated rings. The van der Waals surface area contributed by atoms with E-state index in [0.717, 1.165) is 30.5 Å². The summed E-state index contributed by atoms with van der Waals surface area (Å²) in [6, 6.07) is 0. The third-order valence-electron chi connectivity index (χ3n) is 2.37. The van der Waals surface area contributed by atoms with Crippen LogP contribution in [0.4, 0.5) is 0 Å². The third-order valence-corrected chi connectivity index (χ3v) is 3.68. The van der Waals surface area contributed by atoms with E-state index in [0.29, 0.717) is 11.1 Å². The number of aryl methyl sites for hydroxylation is 1. The van der Waals surface area contributed by atoms with Gasteiger partial charge >= 0.3 is 0 Å². The predicted molar refractivity (Wildman–Crippen MR) is 64.7 cm³/mol. The Kier molecular flexibility index (Phi) is 3.82. The van der Waals surface area contributed by atoms with Gasteiger partial charge in [0, 0.05) is 25.1 Å². The zero-order valence-electron chi connectivity index (χ0n) is 9.56. The molecule has 0 radical (unpaired) electrons. The van der Waals surface area contributed by atoms with Crippen LogP contribution in [0.5, 0.6) is 0 Å². The monoisotopic (exact) mass is 240 g/mol. The van der Waals surface area contributed by atoms with E-state index in [4.69, 9.17) is 4.52 Å². The highest BCUT2D eigenvalue weighted by molar-refractivity contribution is 8.14. The van der Waals surface area contributed by atoms with Crippen LogP contribution in [-0.4, -0.2) is 33.6 Å². The summed E-state index contributed by atoms with van der Waals surface area (Å²) in [6.07, 6.45) is 1.94. The van der Waals surface area contributed by atoms with Crippen molar-refractivity contribution >= 4 is 16.9 Å². The SMILES string of the molecule is CCC1CN=C(NCCc2noc(C)n2)S1. The van der Waals surface area contributed by atoms with Crippen molar-refractivity contribution in [3.05, 3.63) is 11.7 Å². The molecule has 1 aliphatic rings. The van der Waals surface area contributed by atoms with Gasteiger partial charge in [-0.25, -0.2) is 0 Å². The predicted octanol–water partition coefficient (Wildman–Crippen LogP) is 1.39. The molecule has 1 aliphatic heterocycles. The van der Waals surface area contributed by atoms with E-state index in [9.17, 15) is 0 Å². The Bertz CT molecular complexity index is 377. The summed E-state index contributed by atoms with van der Waals surface area (Å²) in [6.45, 7) is 5.73. The molecule has 0 spiro atoms. The van der Waals surface area contributed by atoms with Gasteiger partial charge in [-0.2, -0.15) is 4.98 Å². The molecule has 0 saturated heterocycles. The Hall–Kier alpha value is -1.04. The van der Waals surface area contributed by atoms with E-state index in [-0.39, 0.29) is 0 Å². The zero-order chi connectivity index (χ0) is 11.4. The molecule has 5 nitrogen and oxygen atoms in total. The average molecular weight is 240 g/mol. The second-order valence-corrected chi connectivity index (χ2v) is 4.99. The smallest absolute Gasteiger partial charge is 0.223 e. The molecule has 1 aromatic heterocycles. The molecule has 2 rings (SSSR count). The van der Waals surface area contributed by atoms with E-state index < -0.39 is 0 Å². The molecule has 0 aliphatic carbocycles. The molecule has 0 saturated carbocycles. The lowest BCUT2D eigenvalue weighted by molar-refractivity contribution is 0.387. The molecule has 1 atom stereocenters. The fourth-order valence-electron chi connectivity index (χ4n) is 1.45. The second kappa shape index (κ2) is 5.34. The maximum Gasteiger partial charge on any atom is 0.223 e. The molecule has 0 bridgehead atoms. The van der Waals surface area contributed by atoms with Crippen molar-refractivity contribution in [3.8, 4) is 0 Å². The van der Waals surface area contributed by atoms with Crippen molar-refractivity contribution in [2.24, 2.45) is 4.99 Å². The first kappa shape index (κ1) is 11.4. The van der Waals surface area contributed by atoms with Crippen LogP contribution in [0, 0.1) is 6.92 Å². The van der Waals surface area contributed by atoms with Gasteiger partial charge in [0.05, 0.1) is 6.54 Å². The zero-order valence-corrected chi connectivity index (χ0v) is 10.4. The topological polar surface area (TPSA) is 63.3 Å². The second-order valence-electron chi connectivity index (χ2n) is 3.70. The summed E-state index contributed by atoms with van der Waals surface area (Å²) in [5, 5.41) is 8.83. The number of nitrogens with zero attached hydrogens (tertiary/aromatic N) is 3. The highest BCUT2D eigenvalue weighted by Crippen LogP contribution is 2.21. The van der Waals surface area contributed by atoms with Crippen LogP contribution in [0.25, 0.3) is 0 Å². The lowest BCUT2D eigenvalue weighted by Gasteiger charge is -2.05. The number of hydrogen-bond donors (Lipinski definition) is 1. The van der Waals surface area contributed by atoms with E-state index in [2.05, 4.69) is 27.4 Å². The van der Waals surface area contributed by atoms with Crippen LogP contribution in [0.3, 0.4) is 0 Å². The van der Waals surface area contributed by atoms with Crippen molar-refractivity contribution < 1.29 is 4.52 Å². The summed E-state index contributed by atoms with van der Waals surface area (Å²) < 4.78 is 4.90. The minimum absolute atomic E-state index is 0.619. The largest absolute Gasteiger partial charge is 0.364 e. The maximum atomic E-state index is 4.90. The van der Waals surface area contributed by atoms with Crippen LogP contribution in [-0.2, 0) is 6.42 Å². The number of nitrogens with one attached hydrogen (secondary N) is 1. The first-order chi connectivity index (χ1) is 7.78. The van der Waals surface area contributed by atoms with Gasteiger partial charge in [-0.15, -0.1) is 0 Å². The molecule has 16 heavy (non-hydrogen) atoms. The maximum absolute atomic E-state index is 4.90. The minimum atomic E-state index is 0.619. The van der Waals surface area contributed by atoms with E-state index in [1.54, 1.807) is 6.92 Å². The molecular formula is C10H16N4OS. The van der Waals surface area contributed by atoms with Gasteiger partial charge in [0.25, 0.3) is 0 Å². The van der Waals surface area contributed by atoms with Crippen LogP contribution >= 0.6 is 11.8 Å². The normalized spacial score (nSPS) is 19.9. The fourth-order valence-corrected chi connectivity index (χ4v) is 2.42. The molecule has 2 heterocycles. The molecular weight excluding hydrogens is 224 g/mol. The van der Waals surface area contributed by atoms with Crippen molar-refractivity contribution in [1.29, 1.82) is 0 Å². The van der Waals surface area contributed by atoms with Gasteiger partial charge in [-0.3, -0.25) is 4.99 Å². The van der Waals surface area contributed by atoms with E-state index >= 15 is 0 Å². The van der Waals surface area contributed by atoms with Gasteiger partial charge < -0.3 is 9.84 Å². The number of aliphatic imine (C=N–C) groups is 1. The number of hydrogen-bond acceptors (Lipinski definition) is 6. The van der Waals surface area contributed by atoms with Crippen molar-refractivity contribution in [2.45, 2.75) is 31.9 Å². The summed E-state index contributed by atoms with van der Waals surface area (Å²) in [7, 11) is 0. The fraction of sp³-hybridized carbons (Fsp3) is 0.700. The van der Waals surface area contributed by atoms with Crippen molar-refractivity contribution in [3.63, 3.8) is 0 Å². The molecule has 0 aromatic carbocycles. The first-order valence-electron chi connectivity index (χ1n) is 5.52. The standard InChI is InChI=1S/C10H16N4OS/c1-3-8-6-12-10(16-8)11-5-4-9-13-7(2)15-14-9/h8H,3-6H2,1-2H3,(H,11,12). The first-order valence-corrected chi connectivity index (χ1v) is 6.40. The van der Waals surface area contributed by atoms with E-state index in [1.807, 2.05) is 11.8 Å². The molecule has 0 amide bonds. The van der Waals surface area contributed by atoms with Crippen molar-refractivity contribution in [2.75, 3.05) is 13.1 Å².